The fourth-order valence-corrected chi connectivity index (χ4v) is 1.18. The van der Waals surface area contributed by atoms with Gasteiger partial charge in [-0.15, -0.1) is 0 Å². The number of hydrogen-bond donors (Lipinski definition) is 1. The number of nitrogens with zero attached hydrogens (tertiary/aromatic N) is 2. The molecule has 1 aromatic rings. The van der Waals surface area contributed by atoms with Gasteiger partial charge in [0, 0.05) is 18.7 Å². The number of aromatic nitrogens is 2. The van der Waals surface area contributed by atoms with Crippen molar-refractivity contribution < 1.29 is 0 Å². The Morgan fingerprint density at radius 1 is 1.73 bits per heavy atom. The summed E-state index contributed by atoms with van der Waals surface area (Å²) >= 11 is 3.34. The molecule has 60 valence electrons. The average Bonchev–Trinajstić information content (AvgIpc) is 1.93. The molecule has 4 heteroatoms. The second-order valence-corrected chi connectivity index (χ2v) is 3.35. The van der Waals surface area contributed by atoms with Crippen LogP contribution in [0, 0.1) is 0 Å². The highest BCUT2D eigenvalue weighted by atomic mass is 79.9. The van der Waals surface area contributed by atoms with Gasteiger partial charge >= 0.3 is 0 Å². The molecule has 3 nitrogen and oxygen atoms in total. The average molecular weight is 216 g/mol. The van der Waals surface area contributed by atoms with Crippen LogP contribution < -0.4 is 5.73 Å². The maximum absolute atomic E-state index is 5.61. The van der Waals surface area contributed by atoms with Gasteiger partial charge in [0.2, 0.25) is 0 Å². The SMILES string of the molecule is CC(N)Cc1ncncc1Br. The molecule has 0 radical (unpaired) electrons. The Labute approximate surface area is 74.2 Å². The Morgan fingerprint density at radius 3 is 3.00 bits per heavy atom. The largest absolute Gasteiger partial charge is 0.328 e. The minimum Gasteiger partial charge on any atom is -0.328 e. The van der Waals surface area contributed by atoms with E-state index in [2.05, 4.69) is 25.9 Å². The molecule has 1 rings (SSSR count). The molecule has 0 aliphatic rings. The van der Waals surface area contributed by atoms with Crippen LogP contribution >= 0.6 is 15.9 Å². The first kappa shape index (κ1) is 8.62. The molecule has 2 N–H and O–H groups in total. The molecule has 1 heterocycles. The Bertz CT molecular complexity index is 237. The maximum atomic E-state index is 5.61. The minimum absolute atomic E-state index is 0.140. The van der Waals surface area contributed by atoms with Gasteiger partial charge in [0.1, 0.15) is 6.33 Å². The first-order valence-electron chi connectivity index (χ1n) is 3.40. The normalized spacial score (nSPS) is 13.0. The Kier molecular flexibility index (Phi) is 2.96. The van der Waals surface area contributed by atoms with E-state index in [0.717, 1.165) is 16.6 Å². The first-order valence-corrected chi connectivity index (χ1v) is 4.19. The highest BCUT2D eigenvalue weighted by Gasteiger charge is 2.02. The van der Waals surface area contributed by atoms with Crippen LogP contribution in [0.25, 0.3) is 0 Å². The van der Waals surface area contributed by atoms with E-state index >= 15 is 0 Å². The van der Waals surface area contributed by atoms with Crippen molar-refractivity contribution in [3.05, 3.63) is 22.7 Å². The predicted molar refractivity (Wildman–Crippen MR) is 47.1 cm³/mol. The predicted octanol–water partition coefficient (Wildman–Crippen LogP) is 1.13. The van der Waals surface area contributed by atoms with Crippen molar-refractivity contribution in [3.63, 3.8) is 0 Å². The third-order valence-corrected chi connectivity index (χ3v) is 1.92. The van der Waals surface area contributed by atoms with Crippen LogP contribution in [0.15, 0.2) is 17.0 Å². The van der Waals surface area contributed by atoms with Gasteiger partial charge in [0.05, 0.1) is 10.2 Å². The molecule has 0 spiro atoms. The fraction of sp³-hybridized carbons (Fsp3) is 0.429. The van der Waals surface area contributed by atoms with Crippen molar-refractivity contribution >= 4 is 15.9 Å². The van der Waals surface area contributed by atoms with Crippen molar-refractivity contribution in [2.45, 2.75) is 19.4 Å². The molecule has 1 unspecified atom stereocenters. The molecular weight excluding hydrogens is 206 g/mol. The zero-order valence-corrected chi connectivity index (χ0v) is 7.87. The second-order valence-electron chi connectivity index (χ2n) is 2.50. The highest BCUT2D eigenvalue weighted by Crippen LogP contribution is 2.12. The van der Waals surface area contributed by atoms with Crippen molar-refractivity contribution in [3.8, 4) is 0 Å². The third kappa shape index (κ3) is 2.55. The maximum Gasteiger partial charge on any atom is 0.115 e. The van der Waals surface area contributed by atoms with Crippen LogP contribution in [-0.2, 0) is 6.42 Å². The highest BCUT2D eigenvalue weighted by molar-refractivity contribution is 9.10. The summed E-state index contributed by atoms with van der Waals surface area (Å²) in [6.07, 6.45) is 4.04. The summed E-state index contributed by atoms with van der Waals surface area (Å²) in [5, 5.41) is 0. The molecule has 1 aromatic heterocycles. The molecule has 0 saturated heterocycles. The summed E-state index contributed by atoms with van der Waals surface area (Å²) < 4.78 is 0.928. The van der Waals surface area contributed by atoms with E-state index in [1.54, 1.807) is 6.20 Å². The molecule has 0 amide bonds. The lowest BCUT2D eigenvalue weighted by Crippen LogP contribution is -2.18. The lowest BCUT2D eigenvalue weighted by atomic mass is 10.2. The van der Waals surface area contributed by atoms with Crippen LogP contribution in [0.3, 0.4) is 0 Å². The lowest BCUT2D eigenvalue weighted by Gasteiger charge is -2.04. The Balaban J connectivity index is 2.78. The third-order valence-electron chi connectivity index (χ3n) is 1.26. The summed E-state index contributed by atoms with van der Waals surface area (Å²) in [6.45, 7) is 1.95. The molecule has 0 aliphatic carbocycles. The Morgan fingerprint density at radius 2 is 2.45 bits per heavy atom. The van der Waals surface area contributed by atoms with E-state index in [9.17, 15) is 0 Å². The van der Waals surface area contributed by atoms with Gasteiger partial charge in [-0.25, -0.2) is 9.97 Å². The molecule has 1 atom stereocenters. The van der Waals surface area contributed by atoms with E-state index in [0.29, 0.717) is 0 Å². The molecule has 0 aliphatic heterocycles. The summed E-state index contributed by atoms with van der Waals surface area (Å²) in [5.41, 5.74) is 6.58. The van der Waals surface area contributed by atoms with Crippen molar-refractivity contribution in [2.24, 2.45) is 5.73 Å². The summed E-state index contributed by atoms with van der Waals surface area (Å²) in [7, 11) is 0. The molecule has 0 bridgehead atoms. The minimum atomic E-state index is 0.140. The zero-order valence-electron chi connectivity index (χ0n) is 6.29. The van der Waals surface area contributed by atoms with Crippen LogP contribution in [0.4, 0.5) is 0 Å². The van der Waals surface area contributed by atoms with Crippen LogP contribution in [0.5, 0.6) is 0 Å². The number of rotatable bonds is 2. The summed E-state index contributed by atoms with van der Waals surface area (Å²) in [6, 6.07) is 0.140. The summed E-state index contributed by atoms with van der Waals surface area (Å²) in [5.74, 6) is 0. The Hall–Kier alpha value is -0.480. The van der Waals surface area contributed by atoms with Gasteiger partial charge < -0.3 is 5.73 Å². The molecular formula is C7H10BrN3. The van der Waals surface area contributed by atoms with E-state index in [-0.39, 0.29) is 6.04 Å². The van der Waals surface area contributed by atoms with Crippen molar-refractivity contribution in [1.82, 2.24) is 9.97 Å². The number of hydrogen-bond acceptors (Lipinski definition) is 3. The molecule has 0 fully saturated rings. The van der Waals surface area contributed by atoms with Gasteiger partial charge in [-0.3, -0.25) is 0 Å². The smallest absolute Gasteiger partial charge is 0.115 e. The van der Waals surface area contributed by atoms with Crippen LogP contribution in [0.1, 0.15) is 12.6 Å². The molecule has 0 aromatic carbocycles. The van der Waals surface area contributed by atoms with Crippen LogP contribution in [-0.4, -0.2) is 16.0 Å². The van der Waals surface area contributed by atoms with E-state index in [1.807, 2.05) is 6.92 Å². The van der Waals surface area contributed by atoms with E-state index in [4.69, 9.17) is 5.73 Å². The van der Waals surface area contributed by atoms with Gasteiger partial charge in [-0.1, -0.05) is 0 Å². The van der Waals surface area contributed by atoms with E-state index < -0.39 is 0 Å². The summed E-state index contributed by atoms with van der Waals surface area (Å²) in [4.78, 5) is 7.93. The zero-order chi connectivity index (χ0) is 8.27. The van der Waals surface area contributed by atoms with Gasteiger partial charge in [0.15, 0.2) is 0 Å². The number of nitrogens with two attached hydrogens (primary N) is 1. The van der Waals surface area contributed by atoms with Gasteiger partial charge in [0.25, 0.3) is 0 Å². The topological polar surface area (TPSA) is 51.8 Å². The van der Waals surface area contributed by atoms with Gasteiger partial charge in [-0.2, -0.15) is 0 Å². The molecule has 0 saturated carbocycles. The quantitative estimate of drug-likeness (QED) is 0.806. The van der Waals surface area contributed by atoms with E-state index in [1.165, 1.54) is 6.33 Å². The van der Waals surface area contributed by atoms with Crippen molar-refractivity contribution in [1.29, 1.82) is 0 Å². The first-order chi connectivity index (χ1) is 5.20. The lowest BCUT2D eigenvalue weighted by molar-refractivity contribution is 0.716. The molecule has 11 heavy (non-hydrogen) atoms. The van der Waals surface area contributed by atoms with Crippen molar-refractivity contribution in [2.75, 3.05) is 0 Å². The second kappa shape index (κ2) is 3.78. The standard InChI is InChI=1S/C7H10BrN3/c1-5(9)2-7-6(8)3-10-4-11-7/h3-5H,2,9H2,1H3. The fourth-order valence-electron chi connectivity index (χ4n) is 0.793. The number of halogens is 1. The van der Waals surface area contributed by atoms with Crippen LogP contribution in [0.2, 0.25) is 0 Å². The monoisotopic (exact) mass is 215 g/mol. The van der Waals surface area contributed by atoms with Gasteiger partial charge in [-0.05, 0) is 22.9 Å².